The number of aryl methyl sites for hydroxylation is 2. The second kappa shape index (κ2) is 13.2. The van der Waals surface area contributed by atoms with Gasteiger partial charge in [0.25, 0.3) is 10.0 Å². The SMILES string of the molecule is CCc1ccccc1N(CC(=O)N(Cc1ccc(OC)cc1)[C@H](C)C(=O)NC(C)(C)C)S(=O)(=O)c1ccc(C)cc1. The molecule has 1 N–H and O–H groups in total. The van der Waals surface area contributed by atoms with E-state index in [-0.39, 0.29) is 17.3 Å². The molecule has 0 aliphatic heterocycles. The number of rotatable bonds is 11. The summed E-state index contributed by atoms with van der Waals surface area (Å²) >= 11 is 0. The standard InChI is InChI=1S/C32H41N3O5S/c1-8-26-11-9-10-12-29(26)35(41(38,39)28-19-13-23(2)14-20-28)22-30(36)34(24(3)31(37)33-32(4,5)6)21-25-15-17-27(40-7)18-16-25/h9-20,24H,8,21-22H2,1-7H3,(H,33,37)/t24-/m1/s1. The van der Waals surface area contributed by atoms with E-state index in [9.17, 15) is 18.0 Å². The largest absolute Gasteiger partial charge is 0.497 e. The molecule has 0 spiro atoms. The highest BCUT2D eigenvalue weighted by atomic mass is 32.2. The van der Waals surface area contributed by atoms with E-state index < -0.39 is 34.1 Å². The highest BCUT2D eigenvalue weighted by Crippen LogP contribution is 2.28. The Labute approximate surface area is 244 Å². The summed E-state index contributed by atoms with van der Waals surface area (Å²) in [5.74, 6) is -0.170. The average Bonchev–Trinajstić information content (AvgIpc) is 2.93. The second-order valence-corrected chi connectivity index (χ2v) is 13.0. The predicted molar refractivity (Wildman–Crippen MR) is 162 cm³/mol. The monoisotopic (exact) mass is 579 g/mol. The number of benzene rings is 3. The third-order valence-electron chi connectivity index (χ3n) is 6.71. The summed E-state index contributed by atoms with van der Waals surface area (Å²) in [6.07, 6.45) is 0.574. The van der Waals surface area contributed by atoms with E-state index in [1.807, 2.05) is 58.9 Å². The number of ether oxygens (including phenoxy) is 1. The molecule has 0 saturated heterocycles. The van der Waals surface area contributed by atoms with Crippen LogP contribution in [0.4, 0.5) is 5.69 Å². The van der Waals surface area contributed by atoms with Crippen molar-refractivity contribution in [1.29, 1.82) is 0 Å². The molecule has 0 fully saturated rings. The van der Waals surface area contributed by atoms with Gasteiger partial charge in [-0.15, -0.1) is 0 Å². The number of carbonyl (C=O) groups excluding carboxylic acids is 2. The Kier molecular flexibility index (Phi) is 10.2. The normalized spacial score (nSPS) is 12.4. The van der Waals surface area contributed by atoms with Gasteiger partial charge in [-0.25, -0.2) is 8.42 Å². The lowest BCUT2D eigenvalue weighted by atomic mass is 10.1. The van der Waals surface area contributed by atoms with Gasteiger partial charge in [0, 0.05) is 12.1 Å². The van der Waals surface area contributed by atoms with Crippen molar-refractivity contribution in [2.24, 2.45) is 0 Å². The van der Waals surface area contributed by atoms with Crippen LogP contribution in [0.2, 0.25) is 0 Å². The molecule has 8 nitrogen and oxygen atoms in total. The van der Waals surface area contributed by atoms with Gasteiger partial charge in [0.15, 0.2) is 0 Å². The highest BCUT2D eigenvalue weighted by molar-refractivity contribution is 7.92. The minimum atomic E-state index is -4.12. The van der Waals surface area contributed by atoms with Gasteiger partial charge in [-0.2, -0.15) is 0 Å². The van der Waals surface area contributed by atoms with Crippen molar-refractivity contribution in [3.63, 3.8) is 0 Å². The van der Waals surface area contributed by atoms with Crippen LogP contribution in [0.5, 0.6) is 5.75 Å². The van der Waals surface area contributed by atoms with Gasteiger partial charge >= 0.3 is 0 Å². The molecule has 0 aliphatic carbocycles. The molecule has 0 aromatic heterocycles. The van der Waals surface area contributed by atoms with Crippen LogP contribution in [0.3, 0.4) is 0 Å². The number of anilines is 1. The molecule has 3 aromatic rings. The van der Waals surface area contributed by atoms with Crippen molar-refractivity contribution in [3.8, 4) is 5.75 Å². The molecular formula is C32H41N3O5S. The molecule has 3 aromatic carbocycles. The molecular weight excluding hydrogens is 538 g/mol. The van der Waals surface area contributed by atoms with Crippen molar-refractivity contribution in [2.45, 2.75) is 71.0 Å². The lowest BCUT2D eigenvalue weighted by Gasteiger charge is -2.34. The predicted octanol–water partition coefficient (Wildman–Crippen LogP) is 5.09. The minimum Gasteiger partial charge on any atom is -0.497 e. The van der Waals surface area contributed by atoms with E-state index in [0.29, 0.717) is 17.9 Å². The van der Waals surface area contributed by atoms with Gasteiger partial charge in [-0.3, -0.25) is 13.9 Å². The molecule has 220 valence electrons. The molecule has 0 heterocycles. The molecule has 1 atom stereocenters. The van der Waals surface area contributed by atoms with Crippen LogP contribution in [0.1, 0.15) is 51.3 Å². The highest BCUT2D eigenvalue weighted by Gasteiger charge is 2.34. The van der Waals surface area contributed by atoms with Crippen molar-refractivity contribution >= 4 is 27.5 Å². The first-order chi connectivity index (χ1) is 19.3. The van der Waals surface area contributed by atoms with Crippen molar-refractivity contribution in [2.75, 3.05) is 18.0 Å². The van der Waals surface area contributed by atoms with E-state index in [2.05, 4.69) is 5.32 Å². The number of para-hydroxylation sites is 1. The van der Waals surface area contributed by atoms with Crippen molar-refractivity contribution in [3.05, 3.63) is 89.5 Å². The van der Waals surface area contributed by atoms with Crippen LogP contribution >= 0.6 is 0 Å². The number of amides is 2. The zero-order valence-corrected chi connectivity index (χ0v) is 25.8. The van der Waals surface area contributed by atoms with Gasteiger partial charge in [-0.1, -0.05) is 55.0 Å². The zero-order valence-electron chi connectivity index (χ0n) is 25.0. The molecule has 0 aliphatic rings. The molecule has 9 heteroatoms. The van der Waals surface area contributed by atoms with E-state index in [1.54, 1.807) is 62.6 Å². The lowest BCUT2D eigenvalue weighted by molar-refractivity contribution is -0.140. The van der Waals surface area contributed by atoms with Gasteiger partial charge in [0.1, 0.15) is 18.3 Å². The summed E-state index contributed by atoms with van der Waals surface area (Å²) in [4.78, 5) is 28.9. The van der Waals surface area contributed by atoms with Crippen LogP contribution in [-0.4, -0.2) is 50.4 Å². The number of methoxy groups -OCH3 is 1. The third kappa shape index (κ3) is 8.10. The number of nitrogens with one attached hydrogen (secondary N) is 1. The van der Waals surface area contributed by atoms with Crippen LogP contribution in [0, 0.1) is 6.92 Å². The number of hydrogen-bond acceptors (Lipinski definition) is 5. The Morgan fingerprint density at radius 2 is 1.56 bits per heavy atom. The number of nitrogens with zero attached hydrogens (tertiary/aromatic N) is 2. The molecule has 0 radical (unpaired) electrons. The van der Waals surface area contributed by atoms with Gasteiger partial charge < -0.3 is 15.0 Å². The Hall–Kier alpha value is -3.85. The van der Waals surface area contributed by atoms with Crippen molar-refractivity contribution in [1.82, 2.24) is 10.2 Å². The molecule has 3 rings (SSSR count). The Morgan fingerprint density at radius 3 is 2.12 bits per heavy atom. The van der Waals surface area contributed by atoms with Gasteiger partial charge in [0.05, 0.1) is 17.7 Å². The van der Waals surface area contributed by atoms with Crippen LogP contribution in [0.15, 0.2) is 77.7 Å². The fraction of sp³-hybridized carbons (Fsp3) is 0.375. The first-order valence-corrected chi connectivity index (χ1v) is 15.1. The molecule has 0 bridgehead atoms. The molecule has 41 heavy (non-hydrogen) atoms. The smallest absolute Gasteiger partial charge is 0.264 e. The van der Waals surface area contributed by atoms with Crippen molar-refractivity contribution < 1.29 is 22.7 Å². The topological polar surface area (TPSA) is 96.0 Å². The number of carbonyl (C=O) groups is 2. The summed E-state index contributed by atoms with van der Waals surface area (Å²) < 4.78 is 34.5. The first-order valence-electron chi connectivity index (χ1n) is 13.7. The summed E-state index contributed by atoms with van der Waals surface area (Å²) in [6.45, 7) is 10.7. The van der Waals surface area contributed by atoms with Gasteiger partial charge in [0.2, 0.25) is 11.8 Å². The second-order valence-electron chi connectivity index (χ2n) is 11.1. The molecule has 0 unspecified atom stereocenters. The quantitative estimate of drug-likeness (QED) is 0.341. The first kappa shape index (κ1) is 31.7. The third-order valence-corrected chi connectivity index (χ3v) is 8.48. The summed E-state index contributed by atoms with van der Waals surface area (Å²) in [7, 11) is -2.55. The molecule has 2 amide bonds. The fourth-order valence-electron chi connectivity index (χ4n) is 4.39. The Bertz CT molecular complexity index is 1450. The van der Waals surface area contributed by atoms with E-state index in [4.69, 9.17) is 4.74 Å². The minimum absolute atomic E-state index is 0.0852. The summed E-state index contributed by atoms with van der Waals surface area (Å²) in [5, 5.41) is 2.94. The maximum atomic E-state index is 14.1. The Morgan fingerprint density at radius 1 is 0.951 bits per heavy atom. The van der Waals surface area contributed by atoms with E-state index in [0.717, 1.165) is 21.0 Å². The zero-order chi connectivity index (χ0) is 30.4. The number of hydrogen-bond donors (Lipinski definition) is 1. The van der Waals surface area contributed by atoms with Crippen LogP contribution in [0.25, 0.3) is 0 Å². The number of sulfonamides is 1. The lowest BCUT2D eigenvalue weighted by Crippen LogP contribution is -2.54. The van der Waals surface area contributed by atoms with Crippen LogP contribution in [-0.2, 0) is 32.6 Å². The average molecular weight is 580 g/mol. The fourth-order valence-corrected chi connectivity index (χ4v) is 5.84. The maximum Gasteiger partial charge on any atom is 0.264 e. The van der Waals surface area contributed by atoms with Crippen LogP contribution < -0.4 is 14.4 Å². The van der Waals surface area contributed by atoms with E-state index >= 15 is 0 Å². The maximum absolute atomic E-state index is 14.1. The Balaban J connectivity index is 2.07. The van der Waals surface area contributed by atoms with E-state index in [1.165, 1.54) is 4.90 Å². The summed E-state index contributed by atoms with van der Waals surface area (Å²) in [6, 6.07) is 20.1. The molecule has 0 saturated carbocycles. The van der Waals surface area contributed by atoms with Gasteiger partial charge in [-0.05, 0) is 82.5 Å². The summed E-state index contributed by atoms with van der Waals surface area (Å²) in [5.41, 5.74) is 2.40.